The molecule has 0 fully saturated rings. The first-order valence-corrected chi connectivity index (χ1v) is 5.58. The van der Waals surface area contributed by atoms with Crippen molar-refractivity contribution in [1.29, 1.82) is 0 Å². The third kappa shape index (κ3) is 2.58. The Labute approximate surface area is 107 Å². The average molecular weight is 279 g/mol. The van der Waals surface area contributed by atoms with E-state index in [0.717, 1.165) is 0 Å². The van der Waals surface area contributed by atoms with Gasteiger partial charge in [-0.05, 0) is 18.2 Å². The van der Waals surface area contributed by atoms with Crippen molar-refractivity contribution >= 4 is 46.5 Å². The highest BCUT2D eigenvalue weighted by Crippen LogP contribution is 2.26. The number of aromatic nitrogens is 2. The lowest BCUT2D eigenvalue weighted by Gasteiger charge is -2.02. The predicted octanol–water partition coefficient (Wildman–Crippen LogP) is 3.86. The lowest BCUT2D eigenvalue weighted by atomic mass is 10.3. The zero-order chi connectivity index (χ0) is 11.5. The average Bonchev–Trinajstić information content (AvgIpc) is 2.71. The lowest BCUT2D eigenvalue weighted by molar-refractivity contribution is 0.530. The Kier molecular flexibility index (Phi) is 3.53. The summed E-state index contributed by atoms with van der Waals surface area (Å²) in [6.07, 6.45) is 0. The van der Waals surface area contributed by atoms with Crippen LogP contribution in [0.2, 0.25) is 10.0 Å². The smallest absolute Gasteiger partial charge is 0.320 e. The summed E-state index contributed by atoms with van der Waals surface area (Å²) in [5.41, 5.74) is 0.708. The largest absolute Gasteiger partial charge is 0.407 e. The molecule has 0 amide bonds. The number of nitrogens with zero attached hydrogens (tertiary/aromatic N) is 2. The minimum Gasteiger partial charge on any atom is -0.407 e. The first-order valence-electron chi connectivity index (χ1n) is 4.29. The van der Waals surface area contributed by atoms with Gasteiger partial charge in [0.2, 0.25) is 5.89 Å². The van der Waals surface area contributed by atoms with Crippen molar-refractivity contribution in [3.63, 3.8) is 0 Å². The van der Waals surface area contributed by atoms with Crippen LogP contribution < -0.4 is 5.32 Å². The van der Waals surface area contributed by atoms with E-state index in [4.69, 9.17) is 39.2 Å². The molecule has 0 atom stereocenters. The number of hydrogen-bond donors (Lipinski definition) is 1. The highest BCUT2D eigenvalue weighted by Gasteiger charge is 2.06. The third-order valence-electron chi connectivity index (χ3n) is 1.75. The van der Waals surface area contributed by atoms with Gasteiger partial charge >= 0.3 is 6.01 Å². The van der Waals surface area contributed by atoms with Gasteiger partial charge in [0.05, 0.1) is 10.0 Å². The van der Waals surface area contributed by atoms with Crippen molar-refractivity contribution in [3.05, 3.63) is 34.1 Å². The fraction of sp³-hybridized carbons (Fsp3) is 0.111. The highest BCUT2D eigenvalue weighted by atomic mass is 35.5. The molecular formula is C9H6Cl3N3O. The summed E-state index contributed by atoms with van der Waals surface area (Å²) in [7, 11) is 0. The molecule has 16 heavy (non-hydrogen) atoms. The van der Waals surface area contributed by atoms with Gasteiger partial charge in [-0.2, -0.15) is 0 Å². The Bertz CT molecular complexity index is 500. The van der Waals surface area contributed by atoms with Gasteiger partial charge in [0, 0.05) is 5.69 Å². The summed E-state index contributed by atoms with van der Waals surface area (Å²) in [5, 5.41) is 11.3. The van der Waals surface area contributed by atoms with Crippen LogP contribution in [0.3, 0.4) is 0 Å². The topological polar surface area (TPSA) is 51.0 Å². The number of rotatable bonds is 3. The lowest BCUT2D eigenvalue weighted by Crippen LogP contribution is -1.90. The molecule has 1 aromatic carbocycles. The van der Waals surface area contributed by atoms with Crippen LogP contribution in [0.15, 0.2) is 22.6 Å². The first kappa shape index (κ1) is 11.5. The van der Waals surface area contributed by atoms with Gasteiger partial charge in [0.25, 0.3) is 0 Å². The predicted molar refractivity (Wildman–Crippen MR) is 63.6 cm³/mol. The van der Waals surface area contributed by atoms with Crippen LogP contribution in [-0.2, 0) is 5.88 Å². The van der Waals surface area contributed by atoms with E-state index in [2.05, 4.69) is 15.5 Å². The molecule has 84 valence electrons. The monoisotopic (exact) mass is 277 g/mol. The standard InChI is InChI=1S/C9H6Cl3N3O/c10-4-8-14-15-9(16-8)13-5-1-2-6(11)7(12)3-5/h1-3H,4H2,(H,13,15). The fourth-order valence-corrected chi connectivity index (χ4v) is 1.46. The number of benzene rings is 1. The van der Waals surface area contributed by atoms with Gasteiger partial charge in [-0.15, -0.1) is 16.7 Å². The minimum atomic E-state index is 0.177. The van der Waals surface area contributed by atoms with Crippen molar-refractivity contribution in [3.8, 4) is 0 Å². The Balaban J connectivity index is 2.17. The molecule has 4 nitrogen and oxygen atoms in total. The second-order valence-corrected chi connectivity index (χ2v) is 3.97. The molecule has 0 spiro atoms. The molecule has 0 aliphatic carbocycles. The Hall–Kier alpha value is -0.970. The molecule has 0 bridgehead atoms. The fourth-order valence-electron chi connectivity index (χ4n) is 1.06. The van der Waals surface area contributed by atoms with Crippen molar-refractivity contribution in [2.45, 2.75) is 5.88 Å². The molecule has 2 rings (SSSR count). The van der Waals surface area contributed by atoms with Crippen LogP contribution in [0.5, 0.6) is 0 Å². The number of alkyl halides is 1. The SMILES string of the molecule is ClCc1nnc(Nc2ccc(Cl)c(Cl)c2)o1. The Morgan fingerprint density at radius 1 is 1.19 bits per heavy atom. The Morgan fingerprint density at radius 3 is 2.62 bits per heavy atom. The van der Waals surface area contributed by atoms with E-state index in [9.17, 15) is 0 Å². The Morgan fingerprint density at radius 2 is 2.00 bits per heavy atom. The van der Waals surface area contributed by atoms with Gasteiger partial charge in [-0.1, -0.05) is 28.3 Å². The van der Waals surface area contributed by atoms with Crippen molar-refractivity contribution in [2.24, 2.45) is 0 Å². The van der Waals surface area contributed by atoms with Crippen LogP contribution in [0.25, 0.3) is 0 Å². The summed E-state index contributed by atoms with van der Waals surface area (Å²) in [4.78, 5) is 0. The van der Waals surface area contributed by atoms with E-state index in [0.29, 0.717) is 21.6 Å². The van der Waals surface area contributed by atoms with Crippen molar-refractivity contribution in [1.82, 2.24) is 10.2 Å². The molecular weight excluding hydrogens is 272 g/mol. The van der Waals surface area contributed by atoms with Crippen LogP contribution in [0, 0.1) is 0 Å². The number of halogens is 3. The molecule has 1 aromatic heterocycles. The molecule has 1 heterocycles. The molecule has 7 heteroatoms. The van der Waals surface area contributed by atoms with E-state index in [1.807, 2.05) is 0 Å². The maximum absolute atomic E-state index is 5.85. The van der Waals surface area contributed by atoms with Crippen LogP contribution in [-0.4, -0.2) is 10.2 Å². The zero-order valence-electron chi connectivity index (χ0n) is 7.88. The van der Waals surface area contributed by atoms with Crippen molar-refractivity contribution < 1.29 is 4.42 Å². The van der Waals surface area contributed by atoms with Gasteiger partial charge in [0.1, 0.15) is 5.88 Å². The van der Waals surface area contributed by atoms with Gasteiger partial charge in [-0.3, -0.25) is 0 Å². The first-order chi connectivity index (χ1) is 7.69. The maximum atomic E-state index is 5.85. The normalized spacial score (nSPS) is 10.4. The summed E-state index contributed by atoms with van der Waals surface area (Å²) in [6, 6.07) is 5.34. The maximum Gasteiger partial charge on any atom is 0.320 e. The van der Waals surface area contributed by atoms with Gasteiger partial charge in [-0.25, -0.2) is 0 Å². The second-order valence-electron chi connectivity index (χ2n) is 2.89. The molecule has 0 unspecified atom stereocenters. The second kappa shape index (κ2) is 4.91. The molecule has 0 saturated heterocycles. The van der Waals surface area contributed by atoms with Gasteiger partial charge in [0.15, 0.2) is 0 Å². The van der Waals surface area contributed by atoms with Gasteiger partial charge < -0.3 is 9.73 Å². The summed E-state index contributed by atoms with van der Waals surface area (Å²) in [6.45, 7) is 0. The van der Waals surface area contributed by atoms with E-state index in [-0.39, 0.29) is 11.9 Å². The zero-order valence-corrected chi connectivity index (χ0v) is 10.1. The quantitative estimate of drug-likeness (QED) is 0.866. The molecule has 0 radical (unpaired) electrons. The number of nitrogens with one attached hydrogen (secondary N) is 1. The molecule has 0 saturated carbocycles. The van der Waals surface area contributed by atoms with Crippen molar-refractivity contribution in [2.75, 3.05) is 5.32 Å². The van der Waals surface area contributed by atoms with E-state index in [1.165, 1.54) is 0 Å². The minimum absolute atomic E-state index is 0.177. The summed E-state index contributed by atoms with van der Waals surface area (Å²) < 4.78 is 5.17. The summed E-state index contributed by atoms with van der Waals surface area (Å²) in [5.74, 6) is 0.528. The number of hydrogen-bond acceptors (Lipinski definition) is 4. The van der Waals surface area contributed by atoms with Crippen LogP contribution in [0.4, 0.5) is 11.7 Å². The van der Waals surface area contributed by atoms with E-state index in [1.54, 1.807) is 18.2 Å². The highest BCUT2D eigenvalue weighted by molar-refractivity contribution is 6.42. The van der Waals surface area contributed by atoms with Crippen LogP contribution >= 0.6 is 34.8 Å². The van der Waals surface area contributed by atoms with E-state index < -0.39 is 0 Å². The number of anilines is 2. The van der Waals surface area contributed by atoms with E-state index >= 15 is 0 Å². The molecule has 0 aliphatic heterocycles. The molecule has 2 aromatic rings. The van der Waals surface area contributed by atoms with Crippen LogP contribution in [0.1, 0.15) is 5.89 Å². The molecule has 0 aliphatic rings. The molecule has 1 N–H and O–H groups in total. The summed E-state index contributed by atoms with van der Waals surface area (Å²) >= 11 is 17.2. The third-order valence-corrected chi connectivity index (χ3v) is 2.72.